The molecule has 1 aliphatic rings. The molecule has 2 rings (SSSR count). The third-order valence-corrected chi connectivity index (χ3v) is 5.69. The van der Waals surface area contributed by atoms with Crippen LogP contribution < -0.4 is 0 Å². The van der Waals surface area contributed by atoms with Crippen LogP contribution in [0.1, 0.15) is 18.9 Å². The van der Waals surface area contributed by atoms with Gasteiger partial charge in [-0.05, 0) is 12.0 Å². The minimum atomic E-state index is -3.28. The lowest BCUT2D eigenvalue weighted by atomic mass is 10.2. The third-order valence-electron chi connectivity index (χ3n) is 3.84. The maximum absolute atomic E-state index is 12.4. The molecule has 114 valence electrons. The van der Waals surface area contributed by atoms with Crippen molar-refractivity contribution >= 4 is 10.0 Å². The smallest absolute Gasteiger partial charge is 0.218 e. The van der Waals surface area contributed by atoms with E-state index < -0.39 is 10.0 Å². The second-order valence-electron chi connectivity index (χ2n) is 5.23. The van der Waals surface area contributed by atoms with Crippen LogP contribution in [0.5, 0.6) is 0 Å². The molecule has 1 aromatic rings. The van der Waals surface area contributed by atoms with Crippen LogP contribution in [0, 0.1) is 11.3 Å². The van der Waals surface area contributed by atoms with Crippen molar-refractivity contribution in [1.29, 1.82) is 5.26 Å². The first-order chi connectivity index (χ1) is 10.1. The molecule has 5 nitrogen and oxygen atoms in total. The van der Waals surface area contributed by atoms with Gasteiger partial charge in [0.15, 0.2) is 0 Å². The summed E-state index contributed by atoms with van der Waals surface area (Å²) in [6, 6.07) is 11.4. The zero-order chi connectivity index (χ0) is 15.3. The molecule has 0 spiro atoms. The summed E-state index contributed by atoms with van der Waals surface area (Å²) in [6.45, 7) is 4.16. The van der Waals surface area contributed by atoms with Gasteiger partial charge in [-0.2, -0.15) is 9.57 Å². The van der Waals surface area contributed by atoms with Crippen molar-refractivity contribution in [1.82, 2.24) is 9.21 Å². The number of hydrogen-bond donors (Lipinski definition) is 0. The van der Waals surface area contributed by atoms with Crippen LogP contribution in [-0.2, 0) is 15.8 Å². The Kier molecular flexibility index (Phi) is 5.34. The highest BCUT2D eigenvalue weighted by Gasteiger charge is 2.29. The molecule has 1 aliphatic heterocycles. The number of nitrogens with zero attached hydrogens (tertiary/aromatic N) is 3. The van der Waals surface area contributed by atoms with Gasteiger partial charge in [-0.3, -0.25) is 4.90 Å². The molecule has 0 aliphatic carbocycles. The molecule has 0 N–H and O–H groups in total. The van der Waals surface area contributed by atoms with Crippen LogP contribution in [0.4, 0.5) is 0 Å². The number of benzene rings is 1. The molecular formula is C15H21N3O2S. The quantitative estimate of drug-likeness (QED) is 0.825. The van der Waals surface area contributed by atoms with Crippen molar-refractivity contribution in [2.24, 2.45) is 0 Å². The van der Waals surface area contributed by atoms with E-state index in [1.807, 2.05) is 37.3 Å². The summed E-state index contributed by atoms with van der Waals surface area (Å²) >= 11 is 0. The van der Waals surface area contributed by atoms with Crippen molar-refractivity contribution in [3.05, 3.63) is 35.9 Å². The minimum absolute atomic E-state index is 0.0449. The molecule has 1 saturated heterocycles. The normalized spacial score (nSPS) is 19.0. The van der Waals surface area contributed by atoms with Gasteiger partial charge in [0, 0.05) is 26.2 Å². The number of piperazine rings is 1. The first-order valence-electron chi connectivity index (χ1n) is 7.22. The Morgan fingerprint density at radius 2 is 1.81 bits per heavy atom. The van der Waals surface area contributed by atoms with Gasteiger partial charge in [-0.1, -0.05) is 37.3 Å². The van der Waals surface area contributed by atoms with E-state index in [9.17, 15) is 8.42 Å². The van der Waals surface area contributed by atoms with Crippen LogP contribution in [0.15, 0.2) is 30.3 Å². The van der Waals surface area contributed by atoms with E-state index in [1.54, 1.807) is 4.31 Å². The lowest BCUT2D eigenvalue weighted by molar-refractivity contribution is 0.159. The summed E-state index contributed by atoms with van der Waals surface area (Å²) in [6.07, 6.45) is 0.771. The average Bonchev–Trinajstić information content (AvgIpc) is 2.50. The van der Waals surface area contributed by atoms with Gasteiger partial charge in [0.2, 0.25) is 10.0 Å². The lowest BCUT2D eigenvalue weighted by Crippen LogP contribution is -2.51. The Labute approximate surface area is 126 Å². The van der Waals surface area contributed by atoms with Crippen molar-refractivity contribution in [2.75, 3.05) is 26.2 Å². The molecule has 1 aromatic carbocycles. The molecular weight excluding hydrogens is 286 g/mol. The van der Waals surface area contributed by atoms with Crippen LogP contribution in [0.25, 0.3) is 0 Å². The lowest BCUT2D eigenvalue weighted by Gasteiger charge is -2.35. The maximum atomic E-state index is 12.4. The van der Waals surface area contributed by atoms with Gasteiger partial charge < -0.3 is 0 Å². The molecule has 0 aromatic heterocycles. The van der Waals surface area contributed by atoms with Crippen LogP contribution in [0.3, 0.4) is 0 Å². The van der Waals surface area contributed by atoms with Gasteiger partial charge in [-0.25, -0.2) is 8.42 Å². The first kappa shape index (κ1) is 16.0. The molecule has 1 unspecified atom stereocenters. The SMILES string of the molecule is CCC(C#N)N1CCN(S(=O)(=O)Cc2ccccc2)CC1. The average molecular weight is 307 g/mol. The van der Waals surface area contributed by atoms with Gasteiger partial charge in [0.1, 0.15) is 0 Å². The summed E-state index contributed by atoms with van der Waals surface area (Å²) in [5.41, 5.74) is 0.809. The topological polar surface area (TPSA) is 64.4 Å². The van der Waals surface area contributed by atoms with E-state index >= 15 is 0 Å². The van der Waals surface area contributed by atoms with E-state index in [-0.39, 0.29) is 11.8 Å². The Hall–Kier alpha value is -1.42. The van der Waals surface area contributed by atoms with E-state index in [1.165, 1.54) is 0 Å². The predicted molar refractivity (Wildman–Crippen MR) is 81.9 cm³/mol. The van der Waals surface area contributed by atoms with Crippen LogP contribution in [0.2, 0.25) is 0 Å². The molecule has 0 bridgehead atoms. The fourth-order valence-corrected chi connectivity index (χ4v) is 4.12. The van der Waals surface area contributed by atoms with E-state index in [0.717, 1.165) is 12.0 Å². The maximum Gasteiger partial charge on any atom is 0.218 e. The third kappa shape index (κ3) is 4.03. The van der Waals surface area contributed by atoms with Crippen molar-refractivity contribution in [3.8, 4) is 6.07 Å². The standard InChI is InChI=1S/C15H21N3O2S/c1-2-15(12-16)17-8-10-18(11-9-17)21(19,20)13-14-6-4-3-5-7-14/h3-7,15H,2,8-11,13H2,1H3. The van der Waals surface area contributed by atoms with E-state index in [0.29, 0.717) is 26.2 Å². The highest BCUT2D eigenvalue weighted by molar-refractivity contribution is 7.88. The Morgan fingerprint density at radius 3 is 2.33 bits per heavy atom. The zero-order valence-corrected chi connectivity index (χ0v) is 13.1. The summed E-state index contributed by atoms with van der Waals surface area (Å²) in [7, 11) is -3.28. The highest BCUT2D eigenvalue weighted by Crippen LogP contribution is 2.15. The number of sulfonamides is 1. The predicted octanol–water partition coefficient (Wildman–Crippen LogP) is 1.44. The fourth-order valence-electron chi connectivity index (χ4n) is 2.60. The molecule has 1 atom stereocenters. The minimum Gasteiger partial charge on any atom is -0.285 e. The summed E-state index contributed by atoms with van der Waals surface area (Å²) < 4.78 is 26.4. The van der Waals surface area contributed by atoms with E-state index in [2.05, 4.69) is 11.0 Å². The van der Waals surface area contributed by atoms with E-state index in [4.69, 9.17) is 5.26 Å². The fraction of sp³-hybridized carbons (Fsp3) is 0.533. The van der Waals surface area contributed by atoms with Crippen LogP contribution in [-0.4, -0.2) is 49.8 Å². The molecule has 0 amide bonds. The Morgan fingerprint density at radius 1 is 1.19 bits per heavy atom. The van der Waals surface area contributed by atoms with Gasteiger partial charge in [0.25, 0.3) is 0 Å². The van der Waals surface area contributed by atoms with Crippen molar-refractivity contribution in [2.45, 2.75) is 25.1 Å². The van der Waals surface area contributed by atoms with Crippen molar-refractivity contribution < 1.29 is 8.42 Å². The summed E-state index contributed by atoms with van der Waals surface area (Å²) in [5.74, 6) is 0.0449. The highest BCUT2D eigenvalue weighted by atomic mass is 32.2. The second-order valence-corrected chi connectivity index (χ2v) is 7.20. The Bertz CT molecular complexity index is 587. The molecule has 0 radical (unpaired) electrons. The molecule has 21 heavy (non-hydrogen) atoms. The second kappa shape index (κ2) is 7.03. The first-order valence-corrected chi connectivity index (χ1v) is 8.83. The zero-order valence-electron chi connectivity index (χ0n) is 12.3. The number of rotatable bonds is 5. The molecule has 1 heterocycles. The van der Waals surface area contributed by atoms with Crippen molar-refractivity contribution in [3.63, 3.8) is 0 Å². The molecule has 6 heteroatoms. The summed E-state index contributed by atoms with van der Waals surface area (Å²) in [4.78, 5) is 2.06. The molecule has 0 saturated carbocycles. The Balaban J connectivity index is 1.97. The monoisotopic (exact) mass is 307 g/mol. The van der Waals surface area contributed by atoms with Gasteiger partial charge in [0.05, 0.1) is 17.9 Å². The van der Waals surface area contributed by atoms with Crippen LogP contribution >= 0.6 is 0 Å². The number of nitriles is 1. The van der Waals surface area contributed by atoms with Gasteiger partial charge in [-0.15, -0.1) is 0 Å². The van der Waals surface area contributed by atoms with Gasteiger partial charge >= 0.3 is 0 Å². The number of hydrogen-bond acceptors (Lipinski definition) is 4. The molecule has 1 fully saturated rings. The largest absolute Gasteiger partial charge is 0.285 e. The summed E-state index contributed by atoms with van der Waals surface area (Å²) in [5, 5.41) is 9.08.